The van der Waals surface area contributed by atoms with Crippen LogP contribution in [0.3, 0.4) is 0 Å². The molecule has 0 aliphatic heterocycles. The average molecular weight is 547 g/mol. The van der Waals surface area contributed by atoms with Crippen LogP contribution in [0.5, 0.6) is 0 Å². The van der Waals surface area contributed by atoms with E-state index in [2.05, 4.69) is 25.6 Å². The zero-order valence-corrected chi connectivity index (χ0v) is 21.7. The fourth-order valence-corrected chi connectivity index (χ4v) is 4.23. The Morgan fingerprint density at radius 1 is 1.13 bits per heavy atom. The van der Waals surface area contributed by atoms with Gasteiger partial charge in [0.25, 0.3) is 6.01 Å². The van der Waals surface area contributed by atoms with Gasteiger partial charge in [0.05, 0.1) is 34.7 Å². The van der Waals surface area contributed by atoms with Gasteiger partial charge in [-0.1, -0.05) is 11.6 Å². The fourth-order valence-electron chi connectivity index (χ4n) is 4.03. The Labute approximate surface area is 225 Å². The van der Waals surface area contributed by atoms with Gasteiger partial charge < -0.3 is 15.1 Å². The Morgan fingerprint density at radius 3 is 2.64 bits per heavy atom. The molecule has 196 valence electrons. The van der Waals surface area contributed by atoms with Crippen molar-refractivity contribution in [1.29, 1.82) is 5.26 Å². The normalized spacial score (nSPS) is 11.0. The van der Waals surface area contributed by atoms with Crippen LogP contribution in [-0.4, -0.2) is 31.1 Å². The monoisotopic (exact) mass is 546 g/mol. The number of hydrogen-bond donors (Lipinski definition) is 2. The molecular formula is C26H20ClFN8O3. The number of rotatable bonds is 6. The highest BCUT2D eigenvalue weighted by molar-refractivity contribution is 6.34. The second kappa shape index (κ2) is 10.0. The number of aromatic nitrogens is 5. The molecule has 3 aromatic heterocycles. The number of nitriles is 1. The summed E-state index contributed by atoms with van der Waals surface area (Å²) >= 11 is 6.48. The smallest absolute Gasteiger partial charge is 0.359 e. The summed E-state index contributed by atoms with van der Waals surface area (Å²) in [7, 11) is 1.65. The number of nitrogens with zero attached hydrogens (tertiary/aromatic N) is 6. The molecule has 0 unspecified atom stereocenters. The lowest BCUT2D eigenvalue weighted by atomic mass is 10.0. The first-order valence-corrected chi connectivity index (χ1v) is 12.0. The molecular weight excluding hydrogens is 527 g/mol. The van der Waals surface area contributed by atoms with Gasteiger partial charge in [-0.2, -0.15) is 15.2 Å². The van der Waals surface area contributed by atoms with Crippen molar-refractivity contribution in [2.75, 3.05) is 17.7 Å². The Kier molecular flexibility index (Phi) is 6.59. The maximum Gasteiger partial charge on any atom is 0.359 e. The molecule has 39 heavy (non-hydrogen) atoms. The molecule has 5 rings (SSSR count). The lowest BCUT2D eigenvalue weighted by molar-refractivity contribution is 0.617. The molecule has 0 saturated carbocycles. The summed E-state index contributed by atoms with van der Waals surface area (Å²) in [6.07, 6.45) is 2.96. The summed E-state index contributed by atoms with van der Waals surface area (Å²) in [6.45, 7) is 3.29. The molecule has 0 amide bonds. The minimum Gasteiger partial charge on any atom is -0.423 e. The van der Waals surface area contributed by atoms with Gasteiger partial charge in [-0.05, 0) is 54.8 Å². The predicted molar refractivity (Wildman–Crippen MR) is 143 cm³/mol. The van der Waals surface area contributed by atoms with E-state index in [9.17, 15) is 19.2 Å². The van der Waals surface area contributed by atoms with E-state index >= 15 is 0 Å². The fraction of sp³-hybridized carbons (Fsp3) is 0.154. The van der Waals surface area contributed by atoms with Gasteiger partial charge >= 0.3 is 11.4 Å². The molecule has 13 heteroatoms. The number of aryl methyl sites for hydroxylation is 2. The lowest BCUT2D eigenvalue weighted by Gasteiger charge is -2.17. The number of nitrogens with one attached hydrogen (secondary N) is 2. The van der Waals surface area contributed by atoms with Crippen molar-refractivity contribution in [2.45, 2.75) is 20.4 Å². The van der Waals surface area contributed by atoms with Crippen LogP contribution < -0.4 is 22.0 Å². The maximum atomic E-state index is 14.2. The van der Waals surface area contributed by atoms with Crippen LogP contribution in [0.25, 0.3) is 16.8 Å². The minimum absolute atomic E-state index is 0.126. The van der Waals surface area contributed by atoms with E-state index in [0.29, 0.717) is 27.9 Å². The highest BCUT2D eigenvalue weighted by Gasteiger charge is 2.19. The van der Waals surface area contributed by atoms with Gasteiger partial charge in [-0.25, -0.2) is 18.5 Å². The number of pyridine rings is 1. The Hall–Kier alpha value is -5.02. The average Bonchev–Trinajstić information content (AvgIpc) is 3.29. The predicted octanol–water partition coefficient (Wildman–Crippen LogP) is 4.05. The Bertz CT molecular complexity index is 1920. The number of oxazole rings is 1. The molecule has 3 heterocycles. The number of benzene rings is 2. The lowest BCUT2D eigenvalue weighted by Crippen LogP contribution is -2.42. The van der Waals surface area contributed by atoms with Crippen molar-refractivity contribution in [3.05, 3.63) is 96.8 Å². The second-order valence-electron chi connectivity index (χ2n) is 8.71. The van der Waals surface area contributed by atoms with E-state index in [1.54, 1.807) is 51.4 Å². The number of fused-ring (bicyclic) bond motifs is 1. The molecule has 2 aromatic carbocycles. The van der Waals surface area contributed by atoms with Crippen molar-refractivity contribution < 1.29 is 8.81 Å². The molecule has 2 N–H and O–H groups in total. The van der Waals surface area contributed by atoms with Crippen molar-refractivity contribution in [1.82, 2.24) is 24.1 Å². The molecule has 0 aliphatic carbocycles. The summed E-state index contributed by atoms with van der Waals surface area (Å²) in [5, 5.41) is 15.3. The van der Waals surface area contributed by atoms with Gasteiger partial charge in [0.15, 0.2) is 5.58 Å². The summed E-state index contributed by atoms with van der Waals surface area (Å²) in [6, 6.07) is 9.41. The molecule has 0 fully saturated rings. The molecule has 0 atom stereocenters. The minimum atomic E-state index is -0.853. The van der Waals surface area contributed by atoms with Crippen molar-refractivity contribution in [3.63, 3.8) is 0 Å². The summed E-state index contributed by atoms with van der Waals surface area (Å²) in [5.41, 5.74) is 1.35. The highest BCUT2D eigenvalue weighted by Crippen LogP contribution is 2.31. The highest BCUT2D eigenvalue weighted by atomic mass is 35.5. The van der Waals surface area contributed by atoms with E-state index in [1.165, 1.54) is 22.9 Å². The number of anilines is 3. The first-order valence-electron chi connectivity index (χ1n) is 11.6. The van der Waals surface area contributed by atoms with Crippen LogP contribution in [0.2, 0.25) is 5.02 Å². The third-order valence-corrected chi connectivity index (χ3v) is 6.31. The van der Waals surface area contributed by atoms with Crippen LogP contribution >= 0.6 is 11.6 Å². The van der Waals surface area contributed by atoms with E-state index in [-0.39, 0.29) is 34.8 Å². The van der Waals surface area contributed by atoms with Crippen LogP contribution in [-0.2, 0) is 6.54 Å². The standard InChI is InChI=1S/C26H20ClFN8O3/c1-13-4-17(11-31-10-13)36-25(37)34-23(32-20-8-22-21(7-18(20)27)33-24(30-3)39-22)35(26(36)38)12-16-6-15(9-29)19(28)5-14(16)2/h4-8,10-11H,12H2,1-3H3,(H,30,33)(H,32,34,37). The zero-order valence-electron chi connectivity index (χ0n) is 20.9. The number of hydrogen-bond acceptors (Lipinski definition) is 9. The van der Waals surface area contributed by atoms with Gasteiger partial charge in [-0.15, -0.1) is 0 Å². The van der Waals surface area contributed by atoms with Crippen LogP contribution in [0.15, 0.2) is 56.7 Å². The van der Waals surface area contributed by atoms with Crippen LogP contribution in [0.1, 0.15) is 22.3 Å². The molecule has 0 radical (unpaired) electrons. The largest absolute Gasteiger partial charge is 0.423 e. The molecule has 0 saturated heterocycles. The molecule has 0 bridgehead atoms. The summed E-state index contributed by atoms with van der Waals surface area (Å²) < 4.78 is 21.9. The van der Waals surface area contributed by atoms with E-state index in [4.69, 9.17) is 16.0 Å². The SMILES string of the molecule is CNc1nc2cc(Cl)c(Nc3nc(=O)n(-c4cncc(C)c4)c(=O)n3Cc3cc(C#N)c(F)cc3C)cc2o1. The van der Waals surface area contributed by atoms with Crippen molar-refractivity contribution >= 4 is 40.4 Å². The van der Waals surface area contributed by atoms with Crippen LogP contribution in [0.4, 0.5) is 22.0 Å². The Balaban J connectivity index is 1.70. The van der Waals surface area contributed by atoms with Gasteiger partial charge in [0.2, 0.25) is 5.95 Å². The third-order valence-electron chi connectivity index (χ3n) is 6.00. The van der Waals surface area contributed by atoms with E-state index in [0.717, 1.165) is 10.1 Å². The quantitative estimate of drug-likeness (QED) is 0.322. The van der Waals surface area contributed by atoms with Gasteiger partial charge in [0.1, 0.15) is 17.4 Å². The molecule has 11 nitrogen and oxygen atoms in total. The molecule has 0 spiro atoms. The first-order chi connectivity index (χ1) is 18.7. The summed E-state index contributed by atoms with van der Waals surface area (Å²) in [5.74, 6) is -0.801. The Morgan fingerprint density at radius 2 is 1.92 bits per heavy atom. The zero-order chi connectivity index (χ0) is 27.8. The number of halogens is 2. The van der Waals surface area contributed by atoms with Crippen molar-refractivity contribution in [2.24, 2.45) is 0 Å². The van der Waals surface area contributed by atoms with E-state index in [1.807, 2.05) is 0 Å². The van der Waals surface area contributed by atoms with Crippen molar-refractivity contribution in [3.8, 4) is 11.8 Å². The van der Waals surface area contributed by atoms with E-state index < -0.39 is 17.2 Å². The van der Waals surface area contributed by atoms with Gasteiger partial charge in [-0.3, -0.25) is 9.55 Å². The third kappa shape index (κ3) is 4.83. The van der Waals surface area contributed by atoms with Crippen LogP contribution in [0, 0.1) is 31.0 Å². The second-order valence-corrected chi connectivity index (χ2v) is 9.11. The summed E-state index contributed by atoms with van der Waals surface area (Å²) in [4.78, 5) is 39.4. The first kappa shape index (κ1) is 25.6. The maximum absolute atomic E-state index is 14.2. The molecule has 0 aliphatic rings. The van der Waals surface area contributed by atoms with Gasteiger partial charge in [0, 0.05) is 19.3 Å². The molecule has 5 aromatic rings. The topological polar surface area (TPSA) is 144 Å².